The average Bonchev–Trinajstić information content (AvgIpc) is 2.43. The quantitative estimate of drug-likeness (QED) is 0.318. The summed E-state index contributed by atoms with van der Waals surface area (Å²) < 4.78 is 9.85. The van der Waals surface area contributed by atoms with Crippen molar-refractivity contribution in [2.24, 2.45) is 11.6 Å². The van der Waals surface area contributed by atoms with E-state index in [0.717, 1.165) is 0 Å². The van der Waals surface area contributed by atoms with E-state index >= 15 is 0 Å². The van der Waals surface area contributed by atoms with Gasteiger partial charge in [0.05, 0.1) is 0 Å². The molecule has 0 aliphatic rings. The molecule has 1 unspecified atom stereocenters. The van der Waals surface area contributed by atoms with Crippen molar-refractivity contribution in [2.75, 3.05) is 13.2 Å². The van der Waals surface area contributed by atoms with Crippen molar-refractivity contribution in [3.63, 3.8) is 0 Å². The summed E-state index contributed by atoms with van der Waals surface area (Å²) in [6.07, 6.45) is -1.08. The van der Waals surface area contributed by atoms with E-state index in [1.165, 1.54) is 0 Å². The van der Waals surface area contributed by atoms with Crippen LogP contribution in [0.25, 0.3) is 0 Å². The van der Waals surface area contributed by atoms with E-state index in [1.807, 2.05) is 0 Å². The number of nitrogens with one attached hydrogen (secondary N) is 1. The highest BCUT2D eigenvalue weighted by Crippen LogP contribution is 2.14. The normalized spacial score (nSPS) is 11.7. The topological polar surface area (TPSA) is 141 Å². The number of ether oxygens (including phenoxy) is 2. The number of amides is 1. The molecule has 8 nitrogen and oxygen atoms in total. The number of carbonyl (C=O) groups is 1. The molecule has 0 aromatic heterocycles. The first-order chi connectivity index (χ1) is 9.56. The zero-order chi connectivity index (χ0) is 15.0. The monoisotopic (exact) mass is 283 g/mol. The van der Waals surface area contributed by atoms with Crippen molar-refractivity contribution in [3.8, 4) is 5.75 Å². The van der Waals surface area contributed by atoms with Crippen LogP contribution in [0.2, 0.25) is 0 Å². The molecule has 0 saturated carbocycles. The number of aliphatic hydroxyl groups is 1. The number of hydrogen-bond donors (Lipinski definition) is 4. The Labute approximate surface area is 115 Å². The van der Waals surface area contributed by atoms with E-state index in [-0.39, 0.29) is 19.1 Å². The van der Waals surface area contributed by atoms with E-state index in [9.17, 15) is 4.79 Å². The first-order valence-electron chi connectivity index (χ1n) is 5.82. The SMILES string of the molecule is N=C(OC(N)=O)c1ccc(OCC(CCO)ON)cc1. The highest BCUT2D eigenvalue weighted by atomic mass is 16.6. The minimum atomic E-state index is -1.04. The summed E-state index contributed by atoms with van der Waals surface area (Å²) in [7, 11) is 0. The van der Waals surface area contributed by atoms with Gasteiger partial charge in [-0.2, -0.15) is 0 Å². The maximum atomic E-state index is 10.5. The van der Waals surface area contributed by atoms with Gasteiger partial charge < -0.3 is 20.3 Å². The third kappa shape index (κ3) is 5.22. The molecule has 1 aromatic carbocycles. The second kappa shape index (κ2) is 8.10. The van der Waals surface area contributed by atoms with Crippen LogP contribution in [0.4, 0.5) is 4.79 Å². The number of nitrogens with two attached hydrogens (primary N) is 2. The second-order valence-corrected chi connectivity index (χ2v) is 3.86. The number of carbonyl (C=O) groups excluding carboxylic acids is 1. The molecule has 1 aromatic rings. The maximum Gasteiger partial charge on any atom is 0.411 e. The van der Waals surface area contributed by atoms with Crippen molar-refractivity contribution in [2.45, 2.75) is 12.5 Å². The largest absolute Gasteiger partial charge is 0.491 e. The van der Waals surface area contributed by atoms with Gasteiger partial charge in [-0.25, -0.2) is 10.7 Å². The molecule has 0 radical (unpaired) electrons. The molecule has 0 fully saturated rings. The first-order valence-corrected chi connectivity index (χ1v) is 5.82. The maximum absolute atomic E-state index is 10.5. The molecular weight excluding hydrogens is 266 g/mol. The molecule has 0 aliphatic carbocycles. The lowest BCUT2D eigenvalue weighted by Gasteiger charge is -2.14. The lowest BCUT2D eigenvalue weighted by molar-refractivity contribution is 0.00491. The lowest BCUT2D eigenvalue weighted by Crippen LogP contribution is -2.26. The number of benzene rings is 1. The smallest absolute Gasteiger partial charge is 0.411 e. The van der Waals surface area contributed by atoms with Gasteiger partial charge in [0, 0.05) is 18.6 Å². The fourth-order valence-electron chi connectivity index (χ4n) is 1.39. The molecule has 0 heterocycles. The van der Waals surface area contributed by atoms with Crippen molar-refractivity contribution >= 4 is 12.0 Å². The third-order valence-electron chi connectivity index (χ3n) is 2.40. The summed E-state index contributed by atoms with van der Waals surface area (Å²) in [5, 5.41) is 16.2. The Hall–Kier alpha value is -2.16. The van der Waals surface area contributed by atoms with E-state index in [1.54, 1.807) is 24.3 Å². The van der Waals surface area contributed by atoms with Crippen molar-refractivity contribution in [1.82, 2.24) is 0 Å². The summed E-state index contributed by atoms with van der Waals surface area (Å²) in [4.78, 5) is 15.1. The van der Waals surface area contributed by atoms with Gasteiger partial charge in [-0.05, 0) is 24.3 Å². The summed E-state index contributed by atoms with van der Waals surface area (Å²) in [5.41, 5.74) is 5.20. The number of hydrogen-bond acceptors (Lipinski definition) is 7. The van der Waals surface area contributed by atoms with Gasteiger partial charge in [0.2, 0.25) is 5.90 Å². The van der Waals surface area contributed by atoms with Crippen LogP contribution in [0.5, 0.6) is 5.75 Å². The van der Waals surface area contributed by atoms with Gasteiger partial charge in [0.15, 0.2) is 0 Å². The first kappa shape index (κ1) is 15.9. The fourth-order valence-corrected chi connectivity index (χ4v) is 1.39. The molecular formula is C12H17N3O5. The fraction of sp³-hybridized carbons (Fsp3) is 0.333. The molecule has 0 bridgehead atoms. The molecule has 1 atom stereocenters. The summed E-state index contributed by atoms with van der Waals surface area (Å²) >= 11 is 0. The molecule has 0 spiro atoms. The van der Waals surface area contributed by atoms with Gasteiger partial charge in [0.25, 0.3) is 0 Å². The zero-order valence-electron chi connectivity index (χ0n) is 10.7. The van der Waals surface area contributed by atoms with E-state index in [0.29, 0.717) is 17.7 Å². The highest BCUT2D eigenvalue weighted by Gasteiger charge is 2.09. The van der Waals surface area contributed by atoms with Crippen LogP contribution in [0.15, 0.2) is 24.3 Å². The third-order valence-corrected chi connectivity index (χ3v) is 2.40. The Bertz CT molecular complexity index is 449. The predicted octanol–water partition coefficient (Wildman–Crippen LogP) is 0.127. The molecule has 1 rings (SSSR count). The Morgan fingerprint density at radius 1 is 1.35 bits per heavy atom. The lowest BCUT2D eigenvalue weighted by atomic mass is 10.2. The molecule has 8 heteroatoms. The van der Waals surface area contributed by atoms with Gasteiger partial charge >= 0.3 is 6.09 Å². The summed E-state index contributed by atoms with van der Waals surface area (Å²) in [5.74, 6) is 5.24. The van der Waals surface area contributed by atoms with E-state index < -0.39 is 12.2 Å². The summed E-state index contributed by atoms with van der Waals surface area (Å²) in [6.45, 7) is 0.136. The van der Waals surface area contributed by atoms with Crippen LogP contribution in [-0.2, 0) is 9.57 Å². The van der Waals surface area contributed by atoms with Crippen molar-refractivity contribution in [1.29, 1.82) is 5.41 Å². The van der Waals surface area contributed by atoms with Crippen LogP contribution in [0, 0.1) is 5.41 Å². The number of primary amides is 1. The Kier molecular flexibility index (Phi) is 6.44. The van der Waals surface area contributed by atoms with Gasteiger partial charge in [-0.15, -0.1) is 0 Å². The van der Waals surface area contributed by atoms with Crippen LogP contribution in [0.3, 0.4) is 0 Å². The predicted molar refractivity (Wildman–Crippen MR) is 70.2 cm³/mol. The Morgan fingerprint density at radius 3 is 2.50 bits per heavy atom. The van der Waals surface area contributed by atoms with Gasteiger partial charge in [-0.1, -0.05) is 0 Å². The highest BCUT2D eigenvalue weighted by molar-refractivity contribution is 5.97. The molecule has 0 saturated heterocycles. The van der Waals surface area contributed by atoms with Gasteiger partial charge in [0.1, 0.15) is 18.5 Å². The minimum absolute atomic E-state index is 0.0498. The van der Waals surface area contributed by atoms with Crippen molar-refractivity contribution < 1.29 is 24.2 Å². The van der Waals surface area contributed by atoms with Crippen LogP contribution >= 0.6 is 0 Å². The standard InChI is InChI=1S/C12H17N3O5/c13-11(19-12(14)17)8-1-3-9(4-2-8)18-7-10(20-15)5-6-16/h1-4,10,13,16H,5-7,15H2,(H2,14,17). The van der Waals surface area contributed by atoms with Crippen LogP contribution < -0.4 is 16.4 Å². The van der Waals surface area contributed by atoms with Crippen molar-refractivity contribution in [3.05, 3.63) is 29.8 Å². The average molecular weight is 283 g/mol. The molecule has 6 N–H and O–H groups in total. The Balaban J connectivity index is 2.54. The molecule has 110 valence electrons. The minimum Gasteiger partial charge on any atom is -0.491 e. The number of rotatable bonds is 7. The van der Waals surface area contributed by atoms with E-state index in [2.05, 4.69) is 9.57 Å². The van der Waals surface area contributed by atoms with Gasteiger partial charge in [-0.3, -0.25) is 10.2 Å². The molecule has 20 heavy (non-hydrogen) atoms. The van der Waals surface area contributed by atoms with Crippen LogP contribution in [-0.4, -0.2) is 36.4 Å². The number of aliphatic hydroxyl groups excluding tert-OH is 1. The summed E-state index contributed by atoms with van der Waals surface area (Å²) in [6, 6.07) is 6.29. The molecule has 0 aliphatic heterocycles. The second-order valence-electron chi connectivity index (χ2n) is 3.86. The zero-order valence-corrected chi connectivity index (χ0v) is 10.7. The van der Waals surface area contributed by atoms with Crippen LogP contribution in [0.1, 0.15) is 12.0 Å². The van der Waals surface area contributed by atoms with E-state index in [4.69, 9.17) is 26.9 Å². The Morgan fingerprint density at radius 2 is 2.00 bits per heavy atom. The molecule has 1 amide bonds.